The first-order valence-corrected chi connectivity index (χ1v) is 4.89. The van der Waals surface area contributed by atoms with E-state index in [1.165, 1.54) is 0 Å². The van der Waals surface area contributed by atoms with Crippen LogP contribution in [0.3, 0.4) is 0 Å². The fourth-order valence-electron chi connectivity index (χ4n) is 0.843. The highest BCUT2D eigenvalue weighted by Gasteiger charge is 2.18. The molecule has 0 spiro atoms. The van der Waals surface area contributed by atoms with Crippen LogP contribution in [0.15, 0.2) is 0 Å². The molecule has 0 bridgehead atoms. The average molecular weight is 163 g/mol. The van der Waals surface area contributed by atoms with Gasteiger partial charge in [0.05, 0.1) is 5.75 Å². The smallest absolute Gasteiger partial charge is 0.235 e. The van der Waals surface area contributed by atoms with E-state index < -0.39 is 9.84 Å². The van der Waals surface area contributed by atoms with Gasteiger partial charge in [0.15, 0.2) is 9.84 Å². The molecule has 0 atom stereocenters. The Labute approximate surface area is 59.5 Å². The highest BCUT2D eigenvalue weighted by atomic mass is 32.2. The Balaban J connectivity index is 2.73. The summed E-state index contributed by atoms with van der Waals surface area (Å²) in [5, 5.41) is 2.48. The molecule has 1 saturated heterocycles. The van der Waals surface area contributed by atoms with Crippen molar-refractivity contribution in [3.05, 3.63) is 0 Å². The van der Waals surface area contributed by atoms with Gasteiger partial charge in [-0.15, -0.1) is 0 Å². The van der Waals surface area contributed by atoms with Gasteiger partial charge in [0, 0.05) is 6.54 Å². The van der Waals surface area contributed by atoms with Crippen LogP contribution in [0.5, 0.6) is 0 Å². The van der Waals surface area contributed by atoms with Crippen molar-refractivity contribution in [3.8, 4) is 0 Å². The standard InChI is InChI=1S/C5H9NO3S/c7-5-4-10(8,9)3-1-2-6-5/h1-4H2,(H,6,7). The van der Waals surface area contributed by atoms with E-state index in [0.717, 1.165) is 0 Å². The number of nitrogens with one attached hydrogen (secondary N) is 1. The summed E-state index contributed by atoms with van der Waals surface area (Å²) in [5.41, 5.74) is 0. The summed E-state index contributed by atoms with van der Waals surface area (Å²) in [6.45, 7) is 0.484. The highest BCUT2D eigenvalue weighted by Crippen LogP contribution is 1.96. The maximum Gasteiger partial charge on any atom is 0.235 e. The van der Waals surface area contributed by atoms with Crippen LogP contribution >= 0.6 is 0 Å². The lowest BCUT2D eigenvalue weighted by molar-refractivity contribution is -0.118. The molecule has 1 N–H and O–H groups in total. The van der Waals surface area contributed by atoms with Crippen LogP contribution in [0.25, 0.3) is 0 Å². The molecule has 1 fully saturated rings. The third-order valence-electron chi connectivity index (χ3n) is 1.31. The SMILES string of the molecule is O=C1CS(=O)(=O)CCCN1. The third kappa shape index (κ3) is 1.98. The topological polar surface area (TPSA) is 63.2 Å². The number of hydrogen-bond acceptors (Lipinski definition) is 3. The minimum atomic E-state index is -3.08. The molecular formula is C5H9NO3S. The normalized spacial score (nSPS) is 25.0. The van der Waals surface area contributed by atoms with Crippen molar-refractivity contribution in [2.75, 3.05) is 18.1 Å². The highest BCUT2D eigenvalue weighted by molar-refractivity contribution is 7.92. The van der Waals surface area contributed by atoms with Gasteiger partial charge in [-0.2, -0.15) is 0 Å². The number of sulfone groups is 1. The zero-order valence-electron chi connectivity index (χ0n) is 5.46. The molecule has 1 aliphatic rings. The van der Waals surface area contributed by atoms with Gasteiger partial charge in [0.2, 0.25) is 5.91 Å². The van der Waals surface area contributed by atoms with Crippen LogP contribution < -0.4 is 5.32 Å². The van der Waals surface area contributed by atoms with E-state index in [0.29, 0.717) is 13.0 Å². The summed E-state index contributed by atoms with van der Waals surface area (Å²) < 4.78 is 21.6. The predicted octanol–water partition coefficient (Wildman–Crippen LogP) is -1.08. The molecule has 1 rings (SSSR count). The lowest BCUT2D eigenvalue weighted by Crippen LogP contribution is -2.26. The Bertz CT molecular complexity index is 231. The maximum absolute atomic E-state index is 10.8. The van der Waals surface area contributed by atoms with Crippen molar-refractivity contribution in [1.29, 1.82) is 0 Å². The number of amides is 1. The van der Waals surface area contributed by atoms with Crippen molar-refractivity contribution in [1.82, 2.24) is 5.32 Å². The van der Waals surface area contributed by atoms with Gasteiger partial charge in [-0.1, -0.05) is 0 Å². The predicted molar refractivity (Wildman–Crippen MR) is 36.3 cm³/mol. The molecule has 0 radical (unpaired) electrons. The van der Waals surface area contributed by atoms with E-state index in [1.54, 1.807) is 0 Å². The second-order valence-corrected chi connectivity index (χ2v) is 4.48. The minimum absolute atomic E-state index is 0.131. The van der Waals surface area contributed by atoms with Gasteiger partial charge in [0.1, 0.15) is 5.75 Å². The van der Waals surface area contributed by atoms with E-state index in [4.69, 9.17) is 0 Å². The molecule has 0 aromatic heterocycles. The molecular weight excluding hydrogens is 154 g/mol. The van der Waals surface area contributed by atoms with Crippen molar-refractivity contribution in [2.45, 2.75) is 6.42 Å². The van der Waals surface area contributed by atoms with Crippen LogP contribution in [0, 0.1) is 0 Å². The summed E-state index contributed by atoms with van der Waals surface area (Å²) in [5.74, 6) is -0.587. The van der Waals surface area contributed by atoms with Crippen molar-refractivity contribution in [2.24, 2.45) is 0 Å². The lowest BCUT2D eigenvalue weighted by Gasteiger charge is -1.93. The van der Waals surface area contributed by atoms with Gasteiger partial charge < -0.3 is 5.32 Å². The maximum atomic E-state index is 10.8. The molecule has 4 nitrogen and oxygen atoms in total. The number of carbonyl (C=O) groups is 1. The van der Waals surface area contributed by atoms with Gasteiger partial charge in [-0.05, 0) is 6.42 Å². The van der Waals surface area contributed by atoms with Crippen LogP contribution in [0.2, 0.25) is 0 Å². The first-order valence-electron chi connectivity index (χ1n) is 3.07. The molecule has 0 aliphatic carbocycles. The molecule has 1 amide bonds. The van der Waals surface area contributed by atoms with Crippen LogP contribution in [-0.2, 0) is 14.6 Å². The monoisotopic (exact) mass is 163 g/mol. The largest absolute Gasteiger partial charge is 0.355 e. The van der Waals surface area contributed by atoms with E-state index in [-0.39, 0.29) is 17.4 Å². The fourth-order valence-corrected chi connectivity index (χ4v) is 2.07. The third-order valence-corrected chi connectivity index (χ3v) is 2.92. The summed E-state index contributed by atoms with van der Waals surface area (Å²) >= 11 is 0. The molecule has 58 valence electrons. The summed E-state index contributed by atoms with van der Waals surface area (Å²) in [6.07, 6.45) is 0.536. The van der Waals surface area contributed by atoms with E-state index in [9.17, 15) is 13.2 Å². The van der Waals surface area contributed by atoms with Gasteiger partial charge in [-0.3, -0.25) is 4.79 Å². The van der Waals surface area contributed by atoms with Gasteiger partial charge in [-0.25, -0.2) is 8.42 Å². The van der Waals surface area contributed by atoms with E-state index >= 15 is 0 Å². The zero-order chi connectivity index (χ0) is 7.61. The Morgan fingerprint density at radius 2 is 2.10 bits per heavy atom. The van der Waals surface area contributed by atoms with Crippen molar-refractivity contribution < 1.29 is 13.2 Å². The molecule has 5 heteroatoms. The first kappa shape index (κ1) is 7.53. The molecule has 10 heavy (non-hydrogen) atoms. The molecule has 0 unspecified atom stereocenters. The average Bonchev–Trinajstić information content (AvgIpc) is 1.90. The Kier molecular flexibility index (Phi) is 1.94. The molecule has 1 aliphatic heterocycles. The van der Waals surface area contributed by atoms with Crippen molar-refractivity contribution >= 4 is 15.7 Å². The summed E-state index contributed by atoms with van der Waals surface area (Å²) in [6, 6.07) is 0. The quantitative estimate of drug-likeness (QED) is 0.494. The number of carbonyl (C=O) groups excluding carboxylic acids is 1. The van der Waals surface area contributed by atoms with Crippen LogP contribution in [0.4, 0.5) is 0 Å². The van der Waals surface area contributed by atoms with E-state index in [2.05, 4.69) is 5.32 Å². The van der Waals surface area contributed by atoms with Crippen LogP contribution in [0.1, 0.15) is 6.42 Å². The second-order valence-electron chi connectivity index (χ2n) is 2.30. The van der Waals surface area contributed by atoms with Crippen LogP contribution in [-0.4, -0.2) is 32.4 Å². The Morgan fingerprint density at radius 3 is 2.80 bits per heavy atom. The molecule has 1 heterocycles. The summed E-state index contributed by atoms with van der Waals surface area (Å²) in [7, 11) is -3.08. The second kappa shape index (κ2) is 2.57. The number of rotatable bonds is 0. The fraction of sp³-hybridized carbons (Fsp3) is 0.800. The van der Waals surface area contributed by atoms with Gasteiger partial charge >= 0.3 is 0 Å². The minimum Gasteiger partial charge on any atom is -0.355 e. The first-order chi connectivity index (χ1) is 4.60. The van der Waals surface area contributed by atoms with Gasteiger partial charge in [0.25, 0.3) is 0 Å². The zero-order valence-corrected chi connectivity index (χ0v) is 6.28. The molecule has 0 aromatic rings. The van der Waals surface area contributed by atoms with E-state index in [1.807, 2.05) is 0 Å². The number of hydrogen-bond donors (Lipinski definition) is 1. The molecule has 0 saturated carbocycles. The summed E-state index contributed by atoms with van der Waals surface area (Å²) in [4.78, 5) is 10.6. The molecule has 0 aromatic carbocycles. The van der Waals surface area contributed by atoms with Crippen molar-refractivity contribution in [3.63, 3.8) is 0 Å². The Hall–Kier alpha value is -0.580. The Morgan fingerprint density at radius 1 is 1.40 bits per heavy atom. The lowest BCUT2D eigenvalue weighted by atomic mass is 10.5.